The molecule has 3 aromatic rings. The molecule has 0 unspecified atom stereocenters. The van der Waals surface area contributed by atoms with Gasteiger partial charge in [-0.15, -0.1) is 0 Å². The quantitative estimate of drug-likeness (QED) is 0.676. The predicted molar refractivity (Wildman–Crippen MR) is 102 cm³/mol. The van der Waals surface area contributed by atoms with E-state index in [4.69, 9.17) is 4.74 Å². The smallest absolute Gasteiger partial charge is 0.357 e. The van der Waals surface area contributed by atoms with E-state index >= 15 is 0 Å². The molecule has 0 aliphatic rings. The summed E-state index contributed by atoms with van der Waals surface area (Å²) >= 11 is 0. The van der Waals surface area contributed by atoms with Crippen molar-refractivity contribution in [2.75, 3.05) is 11.9 Å². The lowest BCUT2D eigenvalue weighted by Gasteiger charge is -2.11. The van der Waals surface area contributed by atoms with E-state index in [2.05, 4.69) is 45.6 Å². The van der Waals surface area contributed by atoms with E-state index in [1.807, 2.05) is 31.2 Å². The molecular weight excluding hydrogens is 326 g/mol. The third kappa shape index (κ3) is 4.06. The summed E-state index contributed by atoms with van der Waals surface area (Å²) in [5, 5.41) is 3.29. The maximum atomic E-state index is 12.0. The van der Waals surface area contributed by atoms with E-state index in [0.717, 1.165) is 11.1 Å². The van der Waals surface area contributed by atoms with Crippen LogP contribution >= 0.6 is 0 Å². The number of ether oxygens (including phenoxy) is 1. The highest BCUT2D eigenvalue weighted by molar-refractivity contribution is 5.90. The van der Waals surface area contributed by atoms with E-state index in [1.165, 1.54) is 11.9 Å². The van der Waals surface area contributed by atoms with Gasteiger partial charge in [-0.25, -0.2) is 14.8 Å². The predicted octanol–water partition coefficient (Wildman–Crippen LogP) is 4.24. The van der Waals surface area contributed by atoms with Crippen LogP contribution in [0.25, 0.3) is 11.1 Å². The summed E-state index contributed by atoms with van der Waals surface area (Å²) in [6.07, 6.45) is 1.38. The minimum atomic E-state index is -0.429. The molecule has 0 amide bonds. The molecular formula is C21H21N3O2. The van der Waals surface area contributed by atoms with Crippen LogP contribution in [0, 0.1) is 6.92 Å². The monoisotopic (exact) mass is 347 g/mol. The van der Waals surface area contributed by atoms with E-state index in [1.54, 1.807) is 6.92 Å². The second-order valence-electron chi connectivity index (χ2n) is 5.84. The Labute approximate surface area is 153 Å². The number of benzene rings is 2. The number of rotatable bonds is 6. The van der Waals surface area contributed by atoms with E-state index in [0.29, 0.717) is 30.2 Å². The third-order valence-electron chi connectivity index (χ3n) is 4.05. The lowest BCUT2D eigenvalue weighted by Crippen LogP contribution is -2.12. The van der Waals surface area contributed by atoms with Gasteiger partial charge in [-0.1, -0.05) is 48.5 Å². The summed E-state index contributed by atoms with van der Waals surface area (Å²) in [5.74, 6) is 0.203. The van der Waals surface area contributed by atoms with Gasteiger partial charge in [0, 0.05) is 12.1 Å². The molecule has 0 saturated heterocycles. The van der Waals surface area contributed by atoms with Gasteiger partial charge >= 0.3 is 5.97 Å². The van der Waals surface area contributed by atoms with E-state index < -0.39 is 5.97 Å². The topological polar surface area (TPSA) is 64.1 Å². The molecule has 3 rings (SSSR count). The highest BCUT2D eigenvalue weighted by Crippen LogP contribution is 2.21. The van der Waals surface area contributed by atoms with Gasteiger partial charge in [0.15, 0.2) is 5.69 Å². The Morgan fingerprint density at radius 2 is 1.81 bits per heavy atom. The van der Waals surface area contributed by atoms with Gasteiger partial charge in [-0.05, 0) is 36.6 Å². The van der Waals surface area contributed by atoms with Gasteiger partial charge in [-0.2, -0.15) is 0 Å². The van der Waals surface area contributed by atoms with Crippen LogP contribution in [0.1, 0.15) is 28.5 Å². The second kappa shape index (κ2) is 8.25. The molecule has 1 N–H and O–H groups in total. The Balaban J connectivity index is 1.76. The summed E-state index contributed by atoms with van der Waals surface area (Å²) in [5.41, 5.74) is 4.45. The summed E-state index contributed by atoms with van der Waals surface area (Å²) in [6.45, 7) is 4.50. The average Bonchev–Trinajstić information content (AvgIpc) is 2.68. The van der Waals surface area contributed by atoms with Crippen LogP contribution in [0.15, 0.2) is 60.9 Å². The van der Waals surface area contributed by atoms with Crippen molar-refractivity contribution in [1.29, 1.82) is 0 Å². The van der Waals surface area contributed by atoms with Crippen molar-refractivity contribution in [2.24, 2.45) is 0 Å². The van der Waals surface area contributed by atoms with Crippen molar-refractivity contribution >= 4 is 11.8 Å². The standard InChI is InChI=1S/C21H21N3O2/c1-3-26-21(25)19-15(2)20(24-14-23-19)22-13-16-8-7-11-18(12-16)17-9-5-4-6-10-17/h4-12,14H,3,13H2,1-2H3,(H,22,23,24). The highest BCUT2D eigenvalue weighted by Gasteiger charge is 2.15. The first-order valence-corrected chi connectivity index (χ1v) is 8.56. The maximum absolute atomic E-state index is 12.0. The van der Waals surface area contributed by atoms with Crippen LogP contribution in [0.4, 0.5) is 5.82 Å². The van der Waals surface area contributed by atoms with Gasteiger partial charge in [0.25, 0.3) is 0 Å². The lowest BCUT2D eigenvalue weighted by atomic mass is 10.0. The van der Waals surface area contributed by atoms with Crippen molar-refractivity contribution in [3.8, 4) is 11.1 Å². The molecule has 5 heteroatoms. The van der Waals surface area contributed by atoms with Gasteiger partial charge < -0.3 is 10.1 Å². The van der Waals surface area contributed by atoms with Crippen LogP contribution in [0.3, 0.4) is 0 Å². The molecule has 26 heavy (non-hydrogen) atoms. The van der Waals surface area contributed by atoms with Crippen LogP contribution in [-0.4, -0.2) is 22.5 Å². The van der Waals surface area contributed by atoms with Crippen LogP contribution in [0.5, 0.6) is 0 Å². The zero-order chi connectivity index (χ0) is 18.4. The molecule has 0 aliphatic carbocycles. The molecule has 0 saturated carbocycles. The molecule has 0 radical (unpaired) electrons. The molecule has 1 heterocycles. The fourth-order valence-electron chi connectivity index (χ4n) is 2.71. The van der Waals surface area contributed by atoms with Crippen molar-refractivity contribution in [3.05, 3.63) is 77.7 Å². The lowest BCUT2D eigenvalue weighted by molar-refractivity contribution is 0.0518. The fraction of sp³-hybridized carbons (Fsp3) is 0.190. The van der Waals surface area contributed by atoms with Gasteiger partial charge in [0.2, 0.25) is 0 Å². The third-order valence-corrected chi connectivity index (χ3v) is 4.05. The number of esters is 1. The molecule has 5 nitrogen and oxygen atoms in total. The minimum Gasteiger partial charge on any atom is -0.461 e. The largest absolute Gasteiger partial charge is 0.461 e. The van der Waals surface area contributed by atoms with Crippen molar-refractivity contribution in [2.45, 2.75) is 20.4 Å². The number of carbonyl (C=O) groups excluding carboxylic acids is 1. The summed E-state index contributed by atoms with van der Waals surface area (Å²) < 4.78 is 5.03. The van der Waals surface area contributed by atoms with Crippen LogP contribution in [-0.2, 0) is 11.3 Å². The first-order valence-electron chi connectivity index (χ1n) is 8.56. The number of nitrogens with one attached hydrogen (secondary N) is 1. The van der Waals surface area contributed by atoms with Crippen molar-refractivity contribution in [3.63, 3.8) is 0 Å². The fourth-order valence-corrected chi connectivity index (χ4v) is 2.71. The Morgan fingerprint density at radius 1 is 1.04 bits per heavy atom. The molecule has 0 fully saturated rings. The van der Waals surface area contributed by atoms with Crippen molar-refractivity contribution < 1.29 is 9.53 Å². The van der Waals surface area contributed by atoms with Gasteiger partial charge in [-0.3, -0.25) is 0 Å². The van der Waals surface area contributed by atoms with Crippen LogP contribution in [0.2, 0.25) is 0 Å². The molecule has 132 valence electrons. The van der Waals surface area contributed by atoms with Crippen LogP contribution < -0.4 is 5.32 Å². The summed E-state index contributed by atoms with van der Waals surface area (Å²) in [6, 6.07) is 18.6. The Morgan fingerprint density at radius 3 is 2.58 bits per heavy atom. The number of hydrogen-bond donors (Lipinski definition) is 1. The molecule has 0 aliphatic heterocycles. The van der Waals surface area contributed by atoms with Gasteiger partial charge in [0.05, 0.1) is 6.61 Å². The number of carbonyl (C=O) groups is 1. The zero-order valence-electron chi connectivity index (χ0n) is 14.9. The number of nitrogens with zero attached hydrogens (tertiary/aromatic N) is 2. The van der Waals surface area contributed by atoms with Crippen molar-refractivity contribution in [1.82, 2.24) is 9.97 Å². The Kier molecular flexibility index (Phi) is 5.59. The Hall–Kier alpha value is -3.21. The minimum absolute atomic E-state index is 0.294. The highest BCUT2D eigenvalue weighted by atomic mass is 16.5. The normalized spacial score (nSPS) is 10.4. The van der Waals surface area contributed by atoms with Gasteiger partial charge in [0.1, 0.15) is 12.1 Å². The first-order chi connectivity index (χ1) is 12.7. The average molecular weight is 347 g/mol. The summed E-state index contributed by atoms with van der Waals surface area (Å²) in [7, 11) is 0. The first kappa shape index (κ1) is 17.6. The zero-order valence-corrected chi connectivity index (χ0v) is 14.9. The maximum Gasteiger partial charge on any atom is 0.357 e. The SMILES string of the molecule is CCOC(=O)c1ncnc(NCc2cccc(-c3ccccc3)c2)c1C. The number of anilines is 1. The van der Waals surface area contributed by atoms with E-state index in [-0.39, 0.29) is 0 Å². The molecule has 0 atom stereocenters. The summed E-state index contributed by atoms with van der Waals surface area (Å²) in [4.78, 5) is 20.2. The molecule has 0 spiro atoms. The number of hydrogen-bond acceptors (Lipinski definition) is 5. The molecule has 2 aromatic carbocycles. The second-order valence-corrected chi connectivity index (χ2v) is 5.84. The molecule has 0 bridgehead atoms. The number of aromatic nitrogens is 2. The molecule has 1 aromatic heterocycles. The van der Waals surface area contributed by atoms with E-state index in [9.17, 15) is 4.79 Å². The Bertz CT molecular complexity index is 895.